The van der Waals surface area contributed by atoms with Crippen molar-refractivity contribution in [1.29, 1.82) is 0 Å². The molecule has 0 radical (unpaired) electrons. The summed E-state index contributed by atoms with van der Waals surface area (Å²) in [5.41, 5.74) is 8.04. The minimum absolute atomic E-state index is 0.138. The van der Waals surface area contributed by atoms with Crippen LogP contribution in [0.3, 0.4) is 0 Å². The number of carbonyl (C=O) groups is 1. The van der Waals surface area contributed by atoms with Crippen LogP contribution in [0, 0.1) is 0 Å². The Bertz CT molecular complexity index is 1160. The fraction of sp³-hybridized carbons (Fsp3) is 0.375. The molecule has 1 amide bonds. The molecule has 0 bridgehead atoms. The maximum atomic E-state index is 11.2. The molecule has 0 spiro atoms. The predicted molar refractivity (Wildman–Crippen MR) is 116 cm³/mol. The summed E-state index contributed by atoms with van der Waals surface area (Å²) in [6.07, 6.45) is 3.57. The number of methoxy groups -OCH3 is 2. The third-order valence-electron chi connectivity index (χ3n) is 6.50. The van der Waals surface area contributed by atoms with Crippen molar-refractivity contribution in [2.75, 3.05) is 27.4 Å². The Morgan fingerprint density at radius 3 is 2.50 bits per heavy atom. The Balaban J connectivity index is 1.78. The van der Waals surface area contributed by atoms with E-state index < -0.39 is 5.91 Å². The van der Waals surface area contributed by atoms with E-state index >= 15 is 0 Å². The van der Waals surface area contributed by atoms with E-state index in [4.69, 9.17) is 19.9 Å². The van der Waals surface area contributed by atoms with Gasteiger partial charge in [-0.2, -0.15) is 0 Å². The highest BCUT2D eigenvalue weighted by atomic mass is 16.5. The summed E-state index contributed by atoms with van der Waals surface area (Å²) in [4.78, 5) is 13.8. The Morgan fingerprint density at radius 2 is 1.77 bits per heavy atom. The number of hydrogen-bond acceptors (Lipinski definition) is 5. The van der Waals surface area contributed by atoms with Crippen LogP contribution in [0.2, 0.25) is 0 Å². The summed E-state index contributed by atoms with van der Waals surface area (Å²) in [7, 11) is 3.33. The molecule has 1 atom stereocenters. The van der Waals surface area contributed by atoms with Crippen molar-refractivity contribution in [2.24, 2.45) is 5.73 Å². The molecule has 6 heteroatoms. The molecule has 0 aromatic heterocycles. The summed E-state index contributed by atoms with van der Waals surface area (Å²) >= 11 is 0. The second-order valence-electron chi connectivity index (χ2n) is 8.14. The molecule has 0 aliphatic carbocycles. The van der Waals surface area contributed by atoms with Crippen LogP contribution in [-0.4, -0.2) is 44.2 Å². The van der Waals surface area contributed by atoms with Gasteiger partial charge in [0.2, 0.25) is 0 Å². The zero-order chi connectivity index (χ0) is 20.8. The van der Waals surface area contributed by atoms with E-state index in [9.17, 15) is 4.79 Å². The molecule has 5 rings (SSSR count). The van der Waals surface area contributed by atoms with Crippen molar-refractivity contribution in [3.63, 3.8) is 0 Å². The van der Waals surface area contributed by atoms with E-state index in [0.29, 0.717) is 17.5 Å². The van der Waals surface area contributed by atoms with Crippen molar-refractivity contribution < 1.29 is 19.0 Å². The number of primary amides is 1. The lowest BCUT2D eigenvalue weighted by molar-refractivity contribution is -0.119. The minimum Gasteiger partial charge on any atom is -0.493 e. The van der Waals surface area contributed by atoms with Gasteiger partial charge in [0.05, 0.1) is 14.2 Å². The van der Waals surface area contributed by atoms with Crippen LogP contribution in [0.15, 0.2) is 30.3 Å². The first-order chi connectivity index (χ1) is 14.6. The van der Waals surface area contributed by atoms with E-state index in [2.05, 4.69) is 23.1 Å². The molecule has 0 unspecified atom stereocenters. The summed E-state index contributed by atoms with van der Waals surface area (Å²) in [6, 6.07) is 10.8. The number of ether oxygens (including phenoxy) is 3. The molecule has 2 heterocycles. The topological polar surface area (TPSA) is 74.0 Å². The van der Waals surface area contributed by atoms with Gasteiger partial charge in [0.15, 0.2) is 18.1 Å². The fourth-order valence-electron chi connectivity index (χ4n) is 5.12. The SMILES string of the molecule is COc1cc2c3c(c4ccc(OCC(N)=O)cc4c2cc1OC)CN1CCC[C@H]1C3. The zero-order valence-electron chi connectivity index (χ0n) is 17.4. The maximum absolute atomic E-state index is 11.2. The number of rotatable bonds is 5. The van der Waals surface area contributed by atoms with E-state index in [1.54, 1.807) is 14.2 Å². The second kappa shape index (κ2) is 7.36. The van der Waals surface area contributed by atoms with Gasteiger partial charge in [0.1, 0.15) is 5.75 Å². The zero-order valence-corrected chi connectivity index (χ0v) is 17.4. The minimum atomic E-state index is -0.489. The van der Waals surface area contributed by atoms with Crippen molar-refractivity contribution in [1.82, 2.24) is 4.90 Å². The monoisotopic (exact) mass is 406 g/mol. The summed E-state index contributed by atoms with van der Waals surface area (Å²) in [6.45, 7) is 1.98. The summed E-state index contributed by atoms with van der Waals surface area (Å²) in [5.74, 6) is 1.58. The van der Waals surface area contributed by atoms with Crippen LogP contribution in [0.5, 0.6) is 17.2 Å². The van der Waals surface area contributed by atoms with E-state index in [0.717, 1.165) is 36.0 Å². The quantitative estimate of drug-likeness (QED) is 0.658. The Morgan fingerprint density at radius 1 is 1.03 bits per heavy atom. The maximum Gasteiger partial charge on any atom is 0.255 e. The number of amides is 1. The number of carbonyl (C=O) groups excluding carboxylic acids is 1. The number of fused-ring (bicyclic) bond motifs is 7. The summed E-state index contributed by atoms with van der Waals surface area (Å²) in [5, 5.41) is 4.62. The molecule has 3 aromatic rings. The van der Waals surface area contributed by atoms with Gasteiger partial charge in [0, 0.05) is 12.6 Å². The first kappa shape index (κ1) is 19.0. The number of hydrogen-bond donors (Lipinski definition) is 1. The van der Waals surface area contributed by atoms with Gasteiger partial charge in [-0.25, -0.2) is 0 Å². The molecule has 3 aromatic carbocycles. The van der Waals surface area contributed by atoms with Gasteiger partial charge in [-0.05, 0) is 82.7 Å². The highest BCUT2D eigenvalue weighted by Gasteiger charge is 2.32. The van der Waals surface area contributed by atoms with E-state index in [1.807, 2.05) is 12.1 Å². The van der Waals surface area contributed by atoms with Crippen molar-refractivity contribution >= 4 is 27.5 Å². The molecule has 1 saturated heterocycles. The fourth-order valence-corrected chi connectivity index (χ4v) is 5.12. The third-order valence-corrected chi connectivity index (χ3v) is 6.50. The van der Waals surface area contributed by atoms with E-state index in [-0.39, 0.29) is 6.61 Å². The van der Waals surface area contributed by atoms with Crippen LogP contribution in [0.25, 0.3) is 21.5 Å². The van der Waals surface area contributed by atoms with Crippen LogP contribution >= 0.6 is 0 Å². The van der Waals surface area contributed by atoms with Gasteiger partial charge in [0.25, 0.3) is 5.91 Å². The lowest BCUT2D eigenvalue weighted by Gasteiger charge is -2.33. The van der Waals surface area contributed by atoms with E-state index in [1.165, 1.54) is 34.7 Å². The Hall–Kier alpha value is -2.99. The second-order valence-corrected chi connectivity index (χ2v) is 8.14. The van der Waals surface area contributed by atoms with Crippen LogP contribution in [0.1, 0.15) is 24.0 Å². The van der Waals surface area contributed by atoms with Gasteiger partial charge in [-0.15, -0.1) is 0 Å². The molecule has 2 aliphatic heterocycles. The molecule has 2 aliphatic rings. The van der Waals surface area contributed by atoms with Gasteiger partial charge >= 0.3 is 0 Å². The molecule has 2 N–H and O–H groups in total. The number of benzene rings is 3. The Kier molecular flexibility index (Phi) is 4.66. The molecular weight excluding hydrogens is 380 g/mol. The van der Waals surface area contributed by atoms with Crippen LogP contribution in [0.4, 0.5) is 0 Å². The number of nitrogens with two attached hydrogens (primary N) is 1. The Labute approximate surface area is 175 Å². The first-order valence-electron chi connectivity index (χ1n) is 10.4. The van der Waals surface area contributed by atoms with Crippen molar-refractivity contribution in [3.05, 3.63) is 41.5 Å². The van der Waals surface area contributed by atoms with Gasteiger partial charge in [-0.3, -0.25) is 9.69 Å². The lowest BCUT2D eigenvalue weighted by Crippen LogP contribution is -2.35. The van der Waals surface area contributed by atoms with Gasteiger partial charge < -0.3 is 19.9 Å². The first-order valence-corrected chi connectivity index (χ1v) is 10.4. The van der Waals surface area contributed by atoms with Crippen molar-refractivity contribution in [2.45, 2.75) is 31.8 Å². The highest BCUT2D eigenvalue weighted by Crippen LogP contribution is 2.44. The molecule has 30 heavy (non-hydrogen) atoms. The smallest absolute Gasteiger partial charge is 0.255 e. The predicted octanol–water partition coefficient (Wildman–Crippen LogP) is 3.39. The molecular formula is C24H26N2O4. The molecule has 156 valence electrons. The molecule has 0 saturated carbocycles. The largest absolute Gasteiger partial charge is 0.493 e. The van der Waals surface area contributed by atoms with Crippen molar-refractivity contribution in [3.8, 4) is 17.2 Å². The standard InChI is InChI=1S/C24H26N2O4/c1-28-22-10-19-17-8-14-4-3-7-26(14)12-21(17)16-6-5-15(30-13-24(25)27)9-18(16)20(19)11-23(22)29-2/h5-6,9-11,14H,3-4,7-8,12-13H2,1-2H3,(H2,25,27)/t14-/m0/s1. The lowest BCUT2D eigenvalue weighted by atomic mass is 9.85. The summed E-state index contributed by atoms with van der Waals surface area (Å²) < 4.78 is 16.8. The van der Waals surface area contributed by atoms with Crippen LogP contribution in [-0.2, 0) is 17.8 Å². The normalized spacial score (nSPS) is 18.3. The molecule has 1 fully saturated rings. The number of nitrogens with zero attached hydrogens (tertiary/aromatic N) is 1. The average molecular weight is 406 g/mol. The average Bonchev–Trinajstić information content (AvgIpc) is 3.23. The van der Waals surface area contributed by atoms with Gasteiger partial charge in [-0.1, -0.05) is 6.07 Å². The molecule has 6 nitrogen and oxygen atoms in total. The third kappa shape index (κ3) is 3.03. The highest BCUT2D eigenvalue weighted by molar-refractivity contribution is 6.12. The van der Waals surface area contributed by atoms with Crippen LogP contribution < -0.4 is 19.9 Å².